The van der Waals surface area contributed by atoms with E-state index in [0.717, 1.165) is 40.3 Å². The lowest BCUT2D eigenvalue weighted by Gasteiger charge is -2.19. The molecule has 3 aromatic rings. The van der Waals surface area contributed by atoms with Crippen molar-refractivity contribution < 1.29 is 9.53 Å². The van der Waals surface area contributed by atoms with Crippen LogP contribution in [0.2, 0.25) is 0 Å². The minimum atomic E-state index is -0.475. The van der Waals surface area contributed by atoms with Gasteiger partial charge >= 0.3 is 5.97 Å². The summed E-state index contributed by atoms with van der Waals surface area (Å²) >= 11 is 1.39. The van der Waals surface area contributed by atoms with Gasteiger partial charge in [-0.25, -0.2) is 0 Å². The lowest BCUT2D eigenvalue weighted by Crippen LogP contribution is -2.25. The molecule has 0 amide bonds. The molecular weight excluding hydrogens is 348 g/mol. The van der Waals surface area contributed by atoms with Crippen molar-refractivity contribution in [3.63, 3.8) is 0 Å². The van der Waals surface area contributed by atoms with Crippen LogP contribution in [-0.4, -0.2) is 37.1 Å². The number of nitrogens with zero attached hydrogens (tertiary/aromatic N) is 3. The third-order valence-corrected chi connectivity index (χ3v) is 5.06. The van der Waals surface area contributed by atoms with E-state index in [-0.39, 0.29) is 11.7 Å². The number of rotatable bonds is 5. The fourth-order valence-electron chi connectivity index (χ4n) is 2.97. The summed E-state index contributed by atoms with van der Waals surface area (Å²) in [5.41, 5.74) is 1.65. The van der Waals surface area contributed by atoms with Crippen LogP contribution >= 0.6 is 11.8 Å². The minimum absolute atomic E-state index is 0.232. The van der Waals surface area contributed by atoms with Crippen molar-refractivity contribution in [2.45, 2.75) is 50.4 Å². The number of aromatic amines is 1. The number of carbonyl (C=O) groups excluding carboxylic acids is 1. The molecule has 0 bridgehead atoms. The van der Waals surface area contributed by atoms with Crippen LogP contribution in [0.5, 0.6) is 0 Å². The van der Waals surface area contributed by atoms with Crippen LogP contribution in [-0.2, 0) is 9.53 Å². The number of hydrogen-bond donors (Lipinski definition) is 1. The summed E-state index contributed by atoms with van der Waals surface area (Å²) in [6, 6.07) is 8.58. The highest BCUT2D eigenvalue weighted by molar-refractivity contribution is 7.99. The SMILES string of the molecule is CC(C)(C)OC(=O)CSc1nnc(-c2c[nH]c3ccccc23)n1C1CC1. The maximum absolute atomic E-state index is 12.0. The first kappa shape index (κ1) is 17.1. The van der Waals surface area contributed by atoms with Gasteiger partial charge in [0.15, 0.2) is 11.0 Å². The molecule has 7 heteroatoms. The van der Waals surface area contributed by atoms with E-state index in [1.54, 1.807) is 0 Å². The maximum atomic E-state index is 12.0. The van der Waals surface area contributed by atoms with Gasteiger partial charge < -0.3 is 9.72 Å². The molecule has 6 nitrogen and oxygen atoms in total. The highest BCUT2D eigenvalue weighted by Gasteiger charge is 2.31. The topological polar surface area (TPSA) is 72.8 Å². The number of para-hydroxylation sites is 1. The Labute approximate surface area is 156 Å². The van der Waals surface area contributed by atoms with Crippen molar-refractivity contribution in [1.29, 1.82) is 0 Å². The lowest BCUT2D eigenvalue weighted by atomic mass is 10.1. The molecule has 2 aromatic heterocycles. The van der Waals surface area contributed by atoms with Crippen molar-refractivity contribution >= 4 is 28.6 Å². The summed E-state index contributed by atoms with van der Waals surface area (Å²) in [7, 11) is 0. The Hall–Kier alpha value is -2.28. The molecule has 1 saturated carbocycles. The molecule has 1 aliphatic rings. The fraction of sp³-hybridized carbons (Fsp3) is 0.421. The number of hydrogen-bond acceptors (Lipinski definition) is 5. The molecule has 0 radical (unpaired) electrons. The van der Waals surface area contributed by atoms with Crippen LogP contribution in [0.25, 0.3) is 22.3 Å². The molecule has 1 N–H and O–H groups in total. The number of esters is 1. The summed E-state index contributed by atoms with van der Waals surface area (Å²) in [4.78, 5) is 15.3. The highest BCUT2D eigenvalue weighted by Crippen LogP contribution is 2.42. The molecule has 0 saturated heterocycles. The molecule has 1 aromatic carbocycles. The molecule has 1 aliphatic carbocycles. The number of ether oxygens (including phenoxy) is 1. The van der Waals surface area contributed by atoms with Crippen molar-refractivity contribution in [2.24, 2.45) is 0 Å². The quantitative estimate of drug-likeness (QED) is 0.538. The minimum Gasteiger partial charge on any atom is -0.459 e. The van der Waals surface area contributed by atoms with Gasteiger partial charge in [-0.05, 0) is 39.7 Å². The molecule has 26 heavy (non-hydrogen) atoms. The summed E-state index contributed by atoms with van der Waals surface area (Å²) in [5.74, 6) is 0.855. The molecule has 0 spiro atoms. The smallest absolute Gasteiger partial charge is 0.316 e. The van der Waals surface area contributed by atoms with E-state index in [2.05, 4.69) is 31.9 Å². The van der Waals surface area contributed by atoms with Gasteiger partial charge in [-0.15, -0.1) is 10.2 Å². The van der Waals surface area contributed by atoms with Crippen LogP contribution in [0, 0.1) is 0 Å². The van der Waals surface area contributed by atoms with E-state index in [4.69, 9.17) is 4.74 Å². The predicted octanol–water partition coefficient (Wildman–Crippen LogP) is 4.20. The number of fused-ring (bicyclic) bond motifs is 1. The zero-order valence-electron chi connectivity index (χ0n) is 15.2. The van der Waals surface area contributed by atoms with Crippen molar-refractivity contribution in [3.05, 3.63) is 30.5 Å². The molecule has 136 valence electrons. The van der Waals surface area contributed by atoms with Crippen molar-refractivity contribution in [3.8, 4) is 11.4 Å². The number of aromatic nitrogens is 4. The largest absolute Gasteiger partial charge is 0.459 e. The zero-order valence-corrected chi connectivity index (χ0v) is 16.0. The van der Waals surface area contributed by atoms with Crippen LogP contribution in [0.4, 0.5) is 0 Å². The zero-order chi connectivity index (χ0) is 18.3. The first-order valence-corrected chi connectivity index (χ1v) is 9.77. The van der Waals surface area contributed by atoms with Gasteiger partial charge in [0.2, 0.25) is 0 Å². The van der Waals surface area contributed by atoms with Gasteiger partial charge in [0.1, 0.15) is 5.60 Å². The van der Waals surface area contributed by atoms with Crippen molar-refractivity contribution in [1.82, 2.24) is 19.7 Å². The summed E-state index contributed by atoms with van der Waals surface area (Å²) in [5, 5.41) is 10.7. The Morgan fingerprint density at radius 3 is 2.81 bits per heavy atom. The van der Waals surface area contributed by atoms with Crippen LogP contribution in [0.3, 0.4) is 0 Å². The van der Waals surface area contributed by atoms with Gasteiger partial charge in [0, 0.05) is 28.7 Å². The Kier molecular flexibility index (Phi) is 4.26. The third-order valence-electron chi connectivity index (χ3n) is 4.15. The standard InChI is InChI=1S/C19H22N4O2S/c1-19(2,3)25-16(24)11-26-18-22-21-17(23(18)12-8-9-12)14-10-20-15-7-5-4-6-13(14)15/h4-7,10,12,20H,8-9,11H2,1-3H3. The first-order chi connectivity index (χ1) is 12.4. The Balaban J connectivity index is 1.61. The van der Waals surface area contributed by atoms with E-state index in [0.29, 0.717) is 6.04 Å². The molecule has 4 rings (SSSR count). The number of thioether (sulfide) groups is 1. The van der Waals surface area contributed by atoms with Crippen LogP contribution in [0.15, 0.2) is 35.6 Å². The molecular formula is C19H22N4O2S. The number of H-pyrrole nitrogens is 1. The Morgan fingerprint density at radius 1 is 1.31 bits per heavy atom. The predicted molar refractivity (Wildman–Crippen MR) is 102 cm³/mol. The second kappa shape index (κ2) is 6.46. The van der Waals surface area contributed by atoms with E-state index < -0.39 is 5.60 Å². The average molecular weight is 370 g/mol. The van der Waals surface area contributed by atoms with E-state index in [9.17, 15) is 4.79 Å². The number of carbonyl (C=O) groups is 1. The first-order valence-electron chi connectivity index (χ1n) is 8.78. The van der Waals surface area contributed by atoms with Gasteiger partial charge in [-0.2, -0.15) is 0 Å². The van der Waals surface area contributed by atoms with Crippen LogP contribution < -0.4 is 0 Å². The normalized spacial score (nSPS) is 14.7. The molecule has 2 heterocycles. The average Bonchev–Trinajstić information content (AvgIpc) is 3.18. The van der Waals surface area contributed by atoms with Gasteiger partial charge in [0.25, 0.3) is 0 Å². The Morgan fingerprint density at radius 2 is 2.08 bits per heavy atom. The number of benzene rings is 1. The van der Waals surface area contributed by atoms with Gasteiger partial charge in [-0.1, -0.05) is 30.0 Å². The third kappa shape index (κ3) is 3.49. The molecule has 0 unspecified atom stereocenters. The lowest BCUT2D eigenvalue weighted by molar-refractivity contribution is -0.151. The van der Waals surface area contributed by atoms with Gasteiger partial charge in [-0.3, -0.25) is 9.36 Å². The van der Waals surface area contributed by atoms with Crippen molar-refractivity contribution in [2.75, 3.05) is 5.75 Å². The number of nitrogens with one attached hydrogen (secondary N) is 1. The maximum Gasteiger partial charge on any atom is 0.316 e. The second-order valence-corrected chi connectivity index (χ2v) is 8.47. The highest BCUT2D eigenvalue weighted by atomic mass is 32.2. The molecule has 0 atom stereocenters. The molecule has 0 aliphatic heterocycles. The monoisotopic (exact) mass is 370 g/mol. The summed E-state index contributed by atoms with van der Waals surface area (Å²) < 4.78 is 7.56. The Bertz CT molecular complexity index is 950. The van der Waals surface area contributed by atoms with Crippen LogP contribution in [0.1, 0.15) is 39.7 Å². The molecule has 1 fully saturated rings. The van der Waals surface area contributed by atoms with E-state index >= 15 is 0 Å². The van der Waals surface area contributed by atoms with Gasteiger partial charge in [0.05, 0.1) is 5.75 Å². The summed E-state index contributed by atoms with van der Waals surface area (Å²) in [6.07, 6.45) is 4.22. The fourth-order valence-corrected chi connectivity index (χ4v) is 3.75. The van der Waals surface area contributed by atoms with E-state index in [1.165, 1.54) is 11.8 Å². The van der Waals surface area contributed by atoms with E-state index in [1.807, 2.05) is 39.1 Å². The second-order valence-electron chi connectivity index (χ2n) is 7.53. The summed E-state index contributed by atoms with van der Waals surface area (Å²) in [6.45, 7) is 5.62.